The Balaban J connectivity index is 2.00. The van der Waals surface area contributed by atoms with E-state index in [0.717, 1.165) is 25.2 Å². The molecule has 0 aromatic heterocycles. The van der Waals surface area contributed by atoms with Crippen molar-refractivity contribution in [2.24, 2.45) is 5.92 Å². The molecule has 20 heavy (non-hydrogen) atoms. The SMILES string of the molecule is CCSCCC(C)NCC(O)COC1CCC(C)CC1. The molecule has 0 radical (unpaired) electrons. The summed E-state index contributed by atoms with van der Waals surface area (Å²) >= 11 is 1.97. The molecular formula is C16H33NO2S. The molecule has 1 aliphatic carbocycles. The first-order valence-corrected chi connectivity index (χ1v) is 9.38. The molecule has 0 aliphatic heterocycles. The highest BCUT2D eigenvalue weighted by molar-refractivity contribution is 7.99. The lowest BCUT2D eigenvalue weighted by Crippen LogP contribution is -2.37. The molecule has 0 aromatic rings. The number of aliphatic hydroxyl groups is 1. The Morgan fingerprint density at radius 2 is 2.00 bits per heavy atom. The summed E-state index contributed by atoms with van der Waals surface area (Å²) in [5.41, 5.74) is 0. The molecule has 2 unspecified atom stereocenters. The Bertz CT molecular complexity index is 233. The van der Waals surface area contributed by atoms with Crippen molar-refractivity contribution in [1.82, 2.24) is 5.32 Å². The summed E-state index contributed by atoms with van der Waals surface area (Å²) in [6, 6.07) is 0.472. The van der Waals surface area contributed by atoms with E-state index in [1.165, 1.54) is 24.3 Å². The van der Waals surface area contributed by atoms with E-state index in [-0.39, 0.29) is 6.10 Å². The van der Waals surface area contributed by atoms with Gasteiger partial charge in [-0.2, -0.15) is 11.8 Å². The van der Waals surface area contributed by atoms with E-state index >= 15 is 0 Å². The second-order valence-corrected chi connectivity index (χ2v) is 7.56. The highest BCUT2D eigenvalue weighted by Crippen LogP contribution is 2.25. The highest BCUT2D eigenvalue weighted by atomic mass is 32.2. The molecule has 4 heteroatoms. The van der Waals surface area contributed by atoms with Gasteiger partial charge in [0.2, 0.25) is 0 Å². The molecule has 1 rings (SSSR count). The summed E-state index contributed by atoms with van der Waals surface area (Å²) in [7, 11) is 0. The Labute approximate surface area is 129 Å². The normalized spacial score (nSPS) is 26.4. The van der Waals surface area contributed by atoms with Gasteiger partial charge in [0.15, 0.2) is 0 Å². The van der Waals surface area contributed by atoms with E-state index < -0.39 is 0 Å². The van der Waals surface area contributed by atoms with Crippen molar-refractivity contribution in [2.75, 3.05) is 24.7 Å². The zero-order valence-electron chi connectivity index (χ0n) is 13.4. The van der Waals surface area contributed by atoms with Gasteiger partial charge in [0.05, 0.1) is 18.8 Å². The van der Waals surface area contributed by atoms with E-state index in [2.05, 4.69) is 26.1 Å². The number of aliphatic hydroxyl groups excluding tert-OH is 1. The Hall–Kier alpha value is 0.230. The fourth-order valence-electron chi connectivity index (χ4n) is 2.55. The van der Waals surface area contributed by atoms with Gasteiger partial charge in [-0.05, 0) is 56.5 Å². The summed E-state index contributed by atoms with van der Waals surface area (Å²) in [4.78, 5) is 0. The average molecular weight is 304 g/mol. The molecule has 120 valence electrons. The molecule has 1 fully saturated rings. The van der Waals surface area contributed by atoms with Gasteiger partial charge in [0.1, 0.15) is 0 Å². The first kappa shape index (κ1) is 18.3. The smallest absolute Gasteiger partial charge is 0.0897 e. The second-order valence-electron chi connectivity index (χ2n) is 6.16. The average Bonchev–Trinajstić information content (AvgIpc) is 2.45. The first-order valence-electron chi connectivity index (χ1n) is 8.22. The number of nitrogens with one attached hydrogen (secondary N) is 1. The van der Waals surface area contributed by atoms with E-state index in [4.69, 9.17) is 4.74 Å². The van der Waals surface area contributed by atoms with E-state index in [0.29, 0.717) is 25.3 Å². The third-order valence-corrected chi connectivity index (χ3v) is 5.02. The van der Waals surface area contributed by atoms with Crippen molar-refractivity contribution >= 4 is 11.8 Å². The zero-order chi connectivity index (χ0) is 14.8. The number of hydrogen-bond donors (Lipinski definition) is 2. The van der Waals surface area contributed by atoms with Crippen molar-refractivity contribution < 1.29 is 9.84 Å². The lowest BCUT2D eigenvalue weighted by Gasteiger charge is -2.27. The lowest BCUT2D eigenvalue weighted by molar-refractivity contribution is -0.0283. The number of thioether (sulfide) groups is 1. The third-order valence-electron chi connectivity index (χ3n) is 4.09. The quantitative estimate of drug-likeness (QED) is 0.609. The van der Waals surface area contributed by atoms with Crippen LogP contribution in [-0.4, -0.2) is 48.0 Å². The number of rotatable bonds is 10. The lowest BCUT2D eigenvalue weighted by atomic mass is 9.89. The monoisotopic (exact) mass is 303 g/mol. The van der Waals surface area contributed by atoms with Crippen LogP contribution >= 0.6 is 11.8 Å². The van der Waals surface area contributed by atoms with Crippen LogP contribution in [0.25, 0.3) is 0 Å². The van der Waals surface area contributed by atoms with E-state index in [9.17, 15) is 5.11 Å². The minimum absolute atomic E-state index is 0.374. The molecule has 0 saturated heterocycles. The van der Waals surface area contributed by atoms with Crippen LogP contribution in [0.15, 0.2) is 0 Å². The summed E-state index contributed by atoms with van der Waals surface area (Å²) < 4.78 is 5.83. The number of hydrogen-bond acceptors (Lipinski definition) is 4. The molecule has 0 spiro atoms. The minimum atomic E-state index is -0.379. The maximum atomic E-state index is 9.96. The summed E-state index contributed by atoms with van der Waals surface area (Å²) in [5.74, 6) is 3.23. The summed E-state index contributed by atoms with van der Waals surface area (Å²) in [6.07, 6.45) is 6.01. The molecule has 0 aromatic carbocycles. The maximum Gasteiger partial charge on any atom is 0.0897 e. The standard InChI is InChI=1S/C16H33NO2S/c1-4-20-10-9-14(3)17-11-15(18)12-19-16-7-5-13(2)6-8-16/h13-18H,4-12H2,1-3H3. The summed E-state index contributed by atoms with van der Waals surface area (Å²) in [5, 5.41) is 13.4. The van der Waals surface area contributed by atoms with Crippen LogP contribution in [0, 0.1) is 5.92 Å². The van der Waals surface area contributed by atoms with Crippen LogP contribution in [0.1, 0.15) is 52.9 Å². The van der Waals surface area contributed by atoms with Gasteiger partial charge >= 0.3 is 0 Å². The van der Waals surface area contributed by atoms with Crippen LogP contribution in [-0.2, 0) is 4.74 Å². The Morgan fingerprint density at radius 3 is 2.65 bits per heavy atom. The van der Waals surface area contributed by atoms with Crippen molar-refractivity contribution in [1.29, 1.82) is 0 Å². The van der Waals surface area contributed by atoms with Crippen molar-refractivity contribution in [3.63, 3.8) is 0 Å². The molecule has 1 saturated carbocycles. The largest absolute Gasteiger partial charge is 0.389 e. The van der Waals surface area contributed by atoms with Gasteiger partial charge in [-0.1, -0.05) is 13.8 Å². The first-order chi connectivity index (χ1) is 9.61. The van der Waals surface area contributed by atoms with Crippen LogP contribution in [0.3, 0.4) is 0 Å². The predicted octanol–water partition coefficient (Wildman–Crippen LogP) is 3.06. The van der Waals surface area contributed by atoms with Gasteiger partial charge in [-0.3, -0.25) is 0 Å². The molecule has 2 atom stereocenters. The predicted molar refractivity (Wildman–Crippen MR) is 88.5 cm³/mol. The van der Waals surface area contributed by atoms with Crippen molar-refractivity contribution in [2.45, 2.75) is 71.1 Å². The minimum Gasteiger partial charge on any atom is -0.389 e. The van der Waals surface area contributed by atoms with Gasteiger partial charge in [-0.15, -0.1) is 0 Å². The maximum absolute atomic E-state index is 9.96. The highest BCUT2D eigenvalue weighted by Gasteiger charge is 2.19. The van der Waals surface area contributed by atoms with Gasteiger partial charge < -0.3 is 15.2 Å². The molecule has 0 heterocycles. The second kappa shape index (κ2) is 10.9. The zero-order valence-corrected chi connectivity index (χ0v) is 14.3. The van der Waals surface area contributed by atoms with Crippen LogP contribution in [0.2, 0.25) is 0 Å². The molecular weight excluding hydrogens is 270 g/mol. The Kier molecular flexibility index (Phi) is 9.95. The third kappa shape index (κ3) is 8.50. The van der Waals surface area contributed by atoms with Crippen molar-refractivity contribution in [3.8, 4) is 0 Å². The summed E-state index contributed by atoms with van der Waals surface area (Å²) in [6.45, 7) is 7.80. The molecule has 0 amide bonds. The van der Waals surface area contributed by atoms with Gasteiger partial charge in [0, 0.05) is 12.6 Å². The molecule has 1 aliphatic rings. The van der Waals surface area contributed by atoms with Crippen LogP contribution in [0.4, 0.5) is 0 Å². The molecule has 2 N–H and O–H groups in total. The van der Waals surface area contributed by atoms with E-state index in [1.807, 2.05) is 11.8 Å². The fraction of sp³-hybridized carbons (Fsp3) is 1.00. The fourth-order valence-corrected chi connectivity index (χ4v) is 3.35. The van der Waals surface area contributed by atoms with E-state index in [1.54, 1.807) is 0 Å². The van der Waals surface area contributed by atoms with Crippen LogP contribution in [0.5, 0.6) is 0 Å². The van der Waals surface area contributed by atoms with Crippen LogP contribution < -0.4 is 5.32 Å². The number of ether oxygens (including phenoxy) is 1. The molecule has 0 bridgehead atoms. The Morgan fingerprint density at radius 1 is 1.30 bits per heavy atom. The van der Waals surface area contributed by atoms with Gasteiger partial charge in [-0.25, -0.2) is 0 Å². The van der Waals surface area contributed by atoms with Crippen molar-refractivity contribution in [3.05, 3.63) is 0 Å². The van der Waals surface area contributed by atoms with Gasteiger partial charge in [0.25, 0.3) is 0 Å². The molecule has 3 nitrogen and oxygen atoms in total. The topological polar surface area (TPSA) is 41.5 Å².